The van der Waals surface area contributed by atoms with Gasteiger partial charge in [-0.05, 0) is 246 Å². The minimum Gasteiger partial charge on any atom is -0.308 e. The van der Waals surface area contributed by atoms with Gasteiger partial charge in [0.25, 0.3) is 0 Å². The van der Waals surface area contributed by atoms with E-state index in [-0.39, 0.29) is 5.41 Å². The molecule has 0 bridgehead atoms. The van der Waals surface area contributed by atoms with Crippen LogP contribution < -0.4 is 0 Å². The van der Waals surface area contributed by atoms with Gasteiger partial charge < -0.3 is 13.2 Å². The number of rotatable bonds is 4. The minimum atomic E-state index is -0.395. The van der Waals surface area contributed by atoms with Crippen LogP contribution in [0.5, 0.6) is 0 Å². The Balaban J connectivity index is 0.0000000954. The molecule has 22 aromatic carbocycles. The molecule has 33 rings (SSSR count). The van der Waals surface area contributed by atoms with Gasteiger partial charge in [0.1, 0.15) is 0 Å². The van der Waals surface area contributed by atoms with Crippen LogP contribution in [0.4, 0.5) is 0 Å². The monoisotopic (exact) mass is 1740 g/mol. The Hall–Kier alpha value is -17.1. The van der Waals surface area contributed by atoms with E-state index in [1.54, 1.807) is 0 Å². The van der Waals surface area contributed by atoms with E-state index < -0.39 is 5.41 Å². The largest absolute Gasteiger partial charge is 0.308 e. The lowest BCUT2D eigenvalue weighted by Crippen LogP contribution is -2.26. The zero-order valence-corrected chi connectivity index (χ0v) is 75.1. The van der Waals surface area contributed by atoms with Crippen LogP contribution >= 0.6 is 11.3 Å². The molecular formula is C131H78N4S. The molecule has 5 heteroatoms. The predicted octanol–water partition coefficient (Wildman–Crippen LogP) is 35.4. The number of aromatic nitrogens is 4. The van der Waals surface area contributed by atoms with Gasteiger partial charge in [-0.25, -0.2) is 0 Å². The van der Waals surface area contributed by atoms with Crippen molar-refractivity contribution in [3.05, 3.63) is 470 Å². The van der Waals surface area contributed by atoms with Crippen molar-refractivity contribution < 1.29 is 0 Å². The average Bonchev–Trinajstić information content (AvgIpc) is 1.50. The van der Waals surface area contributed by atoms with Crippen molar-refractivity contribution in [3.63, 3.8) is 0 Å². The average molecular weight is 1740 g/mol. The molecule has 8 heterocycles. The third kappa shape index (κ3) is 9.82. The van der Waals surface area contributed by atoms with Gasteiger partial charge in [0.2, 0.25) is 0 Å². The maximum Gasteiger partial charge on any atom is 0.0731 e. The van der Waals surface area contributed by atoms with Gasteiger partial charge in [-0.1, -0.05) is 347 Å². The molecule has 30 aromatic rings. The molecule has 136 heavy (non-hydrogen) atoms. The summed E-state index contributed by atoms with van der Waals surface area (Å²) in [7, 11) is 0. The van der Waals surface area contributed by atoms with Crippen LogP contribution in [0.3, 0.4) is 0 Å². The second-order valence-electron chi connectivity index (χ2n) is 38.4. The quantitative estimate of drug-likeness (QED) is 0.161. The minimum absolute atomic E-state index is 0.127. The summed E-state index contributed by atoms with van der Waals surface area (Å²) in [5.41, 5.74) is 37.2. The first-order valence-corrected chi connectivity index (χ1v) is 48.3. The van der Waals surface area contributed by atoms with E-state index in [1.807, 2.05) is 23.6 Å². The summed E-state index contributed by atoms with van der Waals surface area (Å²) in [6, 6.07) is 161. The van der Waals surface area contributed by atoms with Crippen molar-refractivity contribution in [2.75, 3.05) is 0 Å². The van der Waals surface area contributed by atoms with Crippen molar-refractivity contribution in [2.45, 2.75) is 24.7 Å². The first kappa shape index (κ1) is 74.6. The summed E-state index contributed by atoms with van der Waals surface area (Å²) in [5, 5.41) is 31.8. The maximum atomic E-state index is 4.61. The fraction of sp³-hybridized carbons (Fsp3) is 0.0305. The van der Waals surface area contributed by atoms with E-state index >= 15 is 0 Å². The standard InChI is InChI=1S/C47H27N.C46H30N2.C38H21NS/c1-2-11-31-28(10-1)20-24-36-34-23-21-30(27-42(34)47(45(31)36)40-17-6-3-12-32(40)33-13-4-7-18-41(33)47)29-22-25-44-39(26-29)38-16-9-15-37-35-14-5-8-19-43(35)48(44)46(37)38;1-46(2)39-26-28(17-20-36(39)43-32-12-5-3-10-30(32)31-11-4-6-13-33(31)44(43)46)27-18-21-41-37(24-27)34-14-9-15-35-38-25-29(40-16-7-8-23-47-40)19-22-42(38)48(41)45(34)35;1-2-10-29-24(8-1)25-18-16-22(21-32(25)36-30-11-4-6-15-35(30)40-38(29)36)23-17-19-34-31(20-23)28-13-7-12-27-26-9-3-5-14-33(26)39(34)37(27)28/h1-27H;3-26H,1-2H3;1-21H. The molecule has 0 N–H and O–H groups in total. The summed E-state index contributed by atoms with van der Waals surface area (Å²) in [5.74, 6) is 0. The van der Waals surface area contributed by atoms with Crippen molar-refractivity contribution >= 4 is 200 Å². The zero-order valence-electron chi connectivity index (χ0n) is 74.3. The molecule has 0 radical (unpaired) electrons. The smallest absolute Gasteiger partial charge is 0.0731 e. The van der Waals surface area contributed by atoms with Gasteiger partial charge in [-0.15, -0.1) is 11.3 Å². The molecule has 0 saturated heterocycles. The molecule has 0 amide bonds. The highest BCUT2D eigenvalue weighted by molar-refractivity contribution is 7.27. The lowest BCUT2D eigenvalue weighted by Gasteiger charge is -2.31. The first-order chi connectivity index (χ1) is 67.2. The van der Waals surface area contributed by atoms with Crippen LogP contribution in [0.25, 0.3) is 266 Å². The summed E-state index contributed by atoms with van der Waals surface area (Å²) in [6.45, 7) is 4.81. The first-order valence-electron chi connectivity index (χ1n) is 47.4. The Morgan fingerprint density at radius 1 is 0.221 bits per heavy atom. The Morgan fingerprint density at radius 3 is 1.16 bits per heavy atom. The second kappa shape index (κ2) is 27.3. The SMILES string of the molecule is CC1(C)c2cc(-c3ccc4c(c3)c3cccc5c6cc(-c7ccccn7)ccc6n4c35)ccc2-c2c1c1ccccc1c1ccccc21.c1ccc2c(c1)-c1ccccc1C21c2cc(-c3ccc4c(c3)c3cccc5c6ccccc6n4c53)ccc2-c2ccc3ccccc3c21.c1ccc2c(c1)sc1c3ccccc3c3ccc(-c4ccc5c(c4)c4cccc6c7ccccc7n5c64)cc3c21. The van der Waals surface area contributed by atoms with Crippen molar-refractivity contribution in [1.29, 1.82) is 0 Å². The number of benzene rings is 22. The number of fused-ring (bicyclic) bond motifs is 46. The fourth-order valence-electron chi connectivity index (χ4n) is 25.9. The Kier molecular flexibility index (Phi) is 15.0. The lowest BCUT2D eigenvalue weighted by molar-refractivity contribution is 0.667. The lowest BCUT2D eigenvalue weighted by atomic mass is 9.69. The van der Waals surface area contributed by atoms with E-state index in [4.69, 9.17) is 0 Å². The van der Waals surface area contributed by atoms with Crippen LogP contribution in [0, 0.1) is 0 Å². The maximum absolute atomic E-state index is 4.61. The van der Waals surface area contributed by atoms with Crippen molar-refractivity contribution in [3.8, 4) is 78.0 Å². The summed E-state index contributed by atoms with van der Waals surface area (Å²) < 4.78 is 10.1. The van der Waals surface area contributed by atoms with Gasteiger partial charge in [-0.3, -0.25) is 4.98 Å². The molecule has 0 aliphatic heterocycles. The molecule has 4 nitrogen and oxygen atoms in total. The van der Waals surface area contributed by atoms with Gasteiger partial charge in [0.15, 0.2) is 0 Å². The number of para-hydroxylation sites is 5. The molecule has 628 valence electrons. The van der Waals surface area contributed by atoms with E-state index in [9.17, 15) is 0 Å². The molecule has 0 atom stereocenters. The van der Waals surface area contributed by atoms with Gasteiger partial charge >= 0.3 is 0 Å². The highest BCUT2D eigenvalue weighted by Gasteiger charge is 2.53. The van der Waals surface area contributed by atoms with E-state index in [1.165, 1.54) is 288 Å². The van der Waals surface area contributed by atoms with Crippen LogP contribution in [0.1, 0.15) is 47.2 Å². The number of pyridine rings is 1. The molecule has 0 fully saturated rings. The topological polar surface area (TPSA) is 26.1 Å². The molecule has 8 aromatic heterocycles. The summed E-state index contributed by atoms with van der Waals surface area (Å²) in [4.78, 5) is 4.61. The molecule has 3 aliphatic rings. The highest BCUT2D eigenvalue weighted by Crippen LogP contribution is 2.65. The third-order valence-corrected chi connectivity index (χ3v) is 32.8. The Labute approximate surface area is 785 Å². The normalized spacial score (nSPS) is 13.5. The summed E-state index contributed by atoms with van der Waals surface area (Å²) >= 11 is 1.91. The zero-order chi connectivity index (χ0) is 88.8. The van der Waals surface area contributed by atoms with Gasteiger partial charge in [-0.2, -0.15) is 0 Å². The number of nitrogens with zero attached hydrogens (tertiary/aromatic N) is 4. The number of hydrogen-bond acceptors (Lipinski definition) is 2. The van der Waals surface area contributed by atoms with Crippen molar-refractivity contribution in [2.24, 2.45) is 0 Å². The molecular weight excluding hydrogens is 1660 g/mol. The molecule has 3 aliphatic carbocycles. The Morgan fingerprint density at radius 2 is 0.596 bits per heavy atom. The molecule has 0 saturated carbocycles. The van der Waals surface area contributed by atoms with E-state index in [2.05, 4.69) is 457 Å². The summed E-state index contributed by atoms with van der Waals surface area (Å²) in [6.07, 6.45) is 1.86. The van der Waals surface area contributed by atoms with Crippen LogP contribution in [-0.2, 0) is 10.8 Å². The molecule has 0 unspecified atom stereocenters. The molecule has 1 spiro atoms. The van der Waals surface area contributed by atoms with Crippen LogP contribution in [-0.4, -0.2) is 18.2 Å². The number of hydrogen-bond donors (Lipinski definition) is 0. The van der Waals surface area contributed by atoms with Gasteiger partial charge in [0.05, 0.1) is 60.8 Å². The van der Waals surface area contributed by atoms with E-state index in [0.29, 0.717) is 0 Å². The van der Waals surface area contributed by atoms with Crippen LogP contribution in [0.15, 0.2) is 437 Å². The van der Waals surface area contributed by atoms with Gasteiger partial charge in [0, 0.05) is 107 Å². The third-order valence-electron chi connectivity index (χ3n) is 31.6. The highest BCUT2D eigenvalue weighted by atomic mass is 32.1. The second-order valence-corrected chi connectivity index (χ2v) is 39.5. The van der Waals surface area contributed by atoms with Crippen molar-refractivity contribution in [1.82, 2.24) is 18.2 Å². The van der Waals surface area contributed by atoms with Crippen LogP contribution in [0.2, 0.25) is 0 Å². The fourth-order valence-corrected chi connectivity index (χ4v) is 27.2. The number of thiophene rings is 1. The Bertz CT molecular complexity index is 10500. The predicted molar refractivity (Wildman–Crippen MR) is 577 cm³/mol. The van der Waals surface area contributed by atoms with E-state index in [0.717, 1.165) is 11.3 Å².